The molecule has 1 unspecified atom stereocenters. The van der Waals surface area contributed by atoms with E-state index in [0.29, 0.717) is 37.0 Å². The maximum atomic E-state index is 12.8. The molecule has 7 nitrogen and oxygen atoms in total. The maximum absolute atomic E-state index is 12.8. The molecule has 2 aliphatic rings. The van der Waals surface area contributed by atoms with Gasteiger partial charge in [-0.05, 0) is 30.9 Å². The van der Waals surface area contributed by atoms with Gasteiger partial charge in [0.25, 0.3) is 5.91 Å². The van der Waals surface area contributed by atoms with Crippen LogP contribution in [-0.4, -0.2) is 60.4 Å². The lowest BCUT2D eigenvalue weighted by molar-refractivity contribution is -0.138. The summed E-state index contributed by atoms with van der Waals surface area (Å²) in [5, 5.41) is 15.3. The number of benzene rings is 1. The number of nitrogens with zero attached hydrogens (tertiary/aromatic N) is 3. The third-order valence-electron chi connectivity index (χ3n) is 4.77. The monoisotopic (exact) mass is 345 g/mol. The van der Waals surface area contributed by atoms with Crippen LogP contribution >= 0.6 is 0 Å². The second kappa shape index (κ2) is 7.65. The van der Waals surface area contributed by atoms with E-state index in [1.807, 2.05) is 18.2 Å². The zero-order valence-electron chi connectivity index (χ0n) is 14.3. The normalized spacial score (nSPS) is 21.3. The number of amides is 1. The summed E-state index contributed by atoms with van der Waals surface area (Å²) in [5.74, 6) is -0.651. The van der Waals surface area contributed by atoms with Crippen molar-refractivity contribution in [1.82, 2.24) is 4.90 Å². The number of rotatable bonds is 5. The van der Waals surface area contributed by atoms with Crippen LogP contribution in [0.5, 0.6) is 0 Å². The van der Waals surface area contributed by atoms with Gasteiger partial charge in [0.1, 0.15) is 5.71 Å². The SMILES string of the molecule is COCC1CCN(C(=O)C2=NN(c3ccccc3)C(C(=O)O)C2)CC1. The Morgan fingerprint density at radius 2 is 1.92 bits per heavy atom. The number of likely N-dealkylation sites (tertiary alicyclic amines) is 1. The largest absolute Gasteiger partial charge is 0.480 e. The van der Waals surface area contributed by atoms with Crippen molar-refractivity contribution in [2.45, 2.75) is 25.3 Å². The highest BCUT2D eigenvalue weighted by Gasteiger charge is 2.38. The number of carbonyl (C=O) groups excluding carboxylic acids is 1. The molecule has 0 radical (unpaired) electrons. The van der Waals surface area contributed by atoms with Crippen molar-refractivity contribution in [3.63, 3.8) is 0 Å². The quantitative estimate of drug-likeness (QED) is 0.876. The minimum Gasteiger partial charge on any atom is -0.480 e. The van der Waals surface area contributed by atoms with Crippen LogP contribution in [0.3, 0.4) is 0 Å². The Hall–Kier alpha value is -2.41. The van der Waals surface area contributed by atoms with E-state index in [2.05, 4.69) is 5.10 Å². The Labute approximate surface area is 146 Å². The average molecular weight is 345 g/mol. The number of hydrogen-bond acceptors (Lipinski definition) is 5. The maximum Gasteiger partial charge on any atom is 0.328 e. The summed E-state index contributed by atoms with van der Waals surface area (Å²) < 4.78 is 5.18. The van der Waals surface area contributed by atoms with Crippen molar-refractivity contribution >= 4 is 23.3 Å². The third kappa shape index (κ3) is 3.82. The first-order chi connectivity index (χ1) is 12.1. The Kier molecular flexibility index (Phi) is 5.33. The molecule has 1 N–H and O–H groups in total. The van der Waals surface area contributed by atoms with Gasteiger partial charge in [-0.25, -0.2) is 4.79 Å². The molecule has 3 rings (SSSR count). The number of carboxylic acids is 1. The summed E-state index contributed by atoms with van der Waals surface area (Å²) in [6, 6.07) is 8.25. The fourth-order valence-electron chi connectivity index (χ4n) is 3.37. The average Bonchev–Trinajstić information content (AvgIpc) is 3.08. The molecule has 1 atom stereocenters. The number of anilines is 1. The van der Waals surface area contributed by atoms with Crippen LogP contribution in [-0.2, 0) is 14.3 Å². The summed E-state index contributed by atoms with van der Waals surface area (Å²) in [6.45, 7) is 2.04. The number of para-hydroxylation sites is 1. The first kappa shape index (κ1) is 17.4. The number of carboxylic acid groups (broad SMARTS) is 1. The number of piperidine rings is 1. The molecule has 25 heavy (non-hydrogen) atoms. The van der Waals surface area contributed by atoms with E-state index in [-0.39, 0.29) is 12.3 Å². The number of aliphatic carboxylic acids is 1. The lowest BCUT2D eigenvalue weighted by Crippen LogP contribution is -2.43. The molecule has 0 saturated carbocycles. The Morgan fingerprint density at radius 1 is 1.24 bits per heavy atom. The molecular weight excluding hydrogens is 322 g/mol. The molecule has 1 fully saturated rings. The molecule has 1 aromatic carbocycles. The van der Waals surface area contributed by atoms with Crippen LogP contribution < -0.4 is 5.01 Å². The minimum atomic E-state index is -0.978. The zero-order chi connectivity index (χ0) is 17.8. The molecule has 2 aliphatic heterocycles. The second-order valence-electron chi connectivity index (χ2n) is 6.48. The Morgan fingerprint density at radius 3 is 2.52 bits per heavy atom. The highest BCUT2D eigenvalue weighted by atomic mass is 16.5. The summed E-state index contributed by atoms with van der Waals surface area (Å²) >= 11 is 0. The number of hydrazone groups is 1. The molecular formula is C18H23N3O4. The van der Waals surface area contributed by atoms with Crippen molar-refractivity contribution in [3.05, 3.63) is 30.3 Å². The first-order valence-corrected chi connectivity index (χ1v) is 8.53. The van der Waals surface area contributed by atoms with Crippen molar-refractivity contribution in [2.75, 3.05) is 31.8 Å². The van der Waals surface area contributed by atoms with E-state index in [9.17, 15) is 14.7 Å². The van der Waals surface area contributed by atoms with Gasteiger partial charge in [-0.3, -0.25) is 9.80 Å². The zero-order valence-corrected chi connectivity index (χ0v) is 14.3. The molecule has 0 aromatic heterocycles. The molecule has 1 amide bonds. The van der Waals surface area contributed by atoms with Gasteiger partial charge in [0.2, 0.25) is 0 Å². The van der Waals surface area contributed by atoms with Crippen molar-refractivity contribution < 1.29 is 19.4 Å². The predicted octanol–water partition coefficient (Wildman–Crippen LogP) is 1.59. The van der Waals surface area contributed by atoms with Gasteiger partial charge in [-0.15, -0.1) is 0 Å². The van der Waals surface area contributed by atoms with E-state index in [0.717, 1.165) is 12.8 Å². The lowest BCUT2D eigenvalue weighted by Gasteiger charge is -2.31. The van der Waals surface area contributed by atoms with E-state index >= 15 is 0 Å². The van der Waals surface area contributed by atoms with Gasteiger partial charge >= 0.3 is 5.97 Å². The number of methoxy groups -OCH3 is 1. The molecule has 0 aliphatic carbocycles. The van der Waals surface area contributed by atoms with Gasteiger partial charge in [0, 0.05) is 33.2 Å². The van der Waals surface area contributed by atoms with E-state index in [1.165, 1.54) is 5.01 Å². The first-order valence-electron chi connectivity index (χ1n) is 8.53. The second-order valence-corrected chi connectivity index (χ2v) is 6.48. The van der Waals surface area contributed by atoms with Crippen molar-refractivity contribution in [1.29, 1.82) is 0 Å². The lowest BCUT2D eigenvalue weighted by atomic mass is 9.97. The number of ether oxygens (including phenoxy) is 1. The van der Waals surface area contributed by atoms with Crippen LogP contribution in [0.4, 0.5) is 5.69 Å². The highest BCUT2D eigenvalue weighted by molar-refractivity contribution is 6.40. The van der Waals surface area contributed by atoms with Crippen molar-refractivity contribution in [2.24, 2.45) is 11.0 Å². The van der Waals surface area contributed by atoms with Crippen molar-refractivity contribution in [3.8, 4) is 0 Å². The Bertz CT molecular complexity index is 654. The number of carbonyl (C=O) groups is 2. The van der Waals surface area contributed by atoms with Gasteiger partial charge in [0.15, 0.2) is 6.04 Å². The minimum absolute atomic E-state index is 0.126. The fourth-order valence-corrected chi connectivity index (χ4v) is 3.37. The highest BCUT2D eigenvalue weighted by Crippen LogP contribution is 2.26. The van der Waals surface area contributed by atoms with Gasteiger partial charge in [-0.2, -0.15) is 5.10 Å². The van der Waals surface area contributed by atoms with Crippen LogP contribution in [0.25, 0.3) is 0 Å². The summed E-state index contributed by atoms with van der Waals surface area (Å²) in [7, 11) is 1.69. The molecule has 134 valence electrons. The van der Waals surface area contributed by atoms with Crippen LogP contribution in [0.1, 0.15) is 19.3 Å². The van der Waals surface area contributed by atoms with Crippen LogP contribution in [0.2, 0.25) is 0 Å². The van der Waals surface area contributed by atoms with Gasteiger partial charge in [0.05, 0.1) is 5.69 Å². The molecule has 7 heteroatoms. The Balaban J connectivity index is 1.71. The summed E-state index contributed by atoms with van der Waals surface area (Å²) in [4.78, 5) is 26.1. The van der Waals surface area contributed by atoms with E-state index < -0.39 is 12.0 Å². The number of hydrogen-bond donors (Lipinski definition) is 1. The van der Waals surface area contributed by atoms with E-state index in [4.69, 9.17) is 4.74 Å². The van der Waals surface area contributed by atoms with Gasteiger partial charge in [-0.1, -0.05) is 18.2 Å². The topological polar surface area (TPSA) is 82.4 Å². The smallest absolute Gasteiger partial charge is 0.328 e. The third-order valence-corrected chi connectivity index (χ3v) is 4.77. The molecule has 1 aromatic rings. The van der Waals surface area contributed by atoms with Crippen LogP contribution in [0, 0.1) is 5.92 Å². The summed E-state index contributed by atoms with van der Waals surface area (Å²) in [5.41, 5.74) is 0.998. The standard InChI is InChI=1S/C18H23N3O4/c1-25-12-13-7-9-20(10-8-13)17(22)15-11-16(18(23)24)21(19-15)14-5-3-2-4-6-14/h2-6,13,16H,7-12H2,1H3,(H,23,24). The molecule has 0 spiro atoms. The fraction of sp³-hybridized carbons (Fsp3) is 0.500. The molecule has 0 bridgehead atoms. The van der Waals surface area contributed by atoms with Gasteiger partial charge < -0.3 is 14.7 Å². The molecule has 1 saturated heterocycles. The van der Waals surface area contributed by atoms with E-state index in [1.54, 1.807) is 24.1 Å². The van der Waals surface area contributed by atoms with Crippen LogP contribution in [0.15, 0.2) is 35.4 Å². The molecule has 2 heterocycles. The predicted molar refractivity (Wildman–Crippen MR) is 93.6 cm³/mol. The summed E-state index contributed by atoms with van der Waals surface area (Å²) in [6.07, 6.45) is 1.93.